The Balaban J connectivity index is 1.50. The minimum atomic E-state index is -0.202. The average Bonchev–Trinajstić information content (AvgIpc) is 2.81. The summed E-state index contributed by atoms with van der Waals surface area (Å²) in [6.07, 6.45) is 3.03. The molecule has 0 radical (unpaired) electrons. The van der Waals surface area contributed by atoms with Crippen molar-refractivity contribution < 1.29 is 23.7 Å². The van der Waals surface area contributed by atoms with Crippen molar-refractivity contribution in [2.45, 2.75) is 52.2 Å². The first kappa shape index (κ1) is 24.1. The fourth-order valence-electron chi connectivity index (χ4n) is 5.83. The van der Waals surface area contributed by atoms with E-state index >= 15 is 0 Å². The second-order valence-electron chi connectivity index (χ2n) is 10.3. The highest BCUT2D eigenvalue weighted by atomic mass is 16.6. The molecular formula is C26H40N2O5. The molecule has 7 nitrogen and oxygen atoms in total. The Hall–Kier alpha value is -1.99. The van der Waals surface area contributed by atoms with Gasteiger partial charge in [0, 0.05) is 25.7 Å². The molecule has 4 rings (SSSR count). The molecule has 2 fully saturated rings. The maximum Gasteiger partial charge on any atom is 0.409 e. The fourth-order valence-corrected chi connectivity index (χ4v) is 5.83. The van der Waals surface area contributed by atoms with Crippen molar-refractivity contribution in [3.63, 3.8) is 0 Å². The zero-order chi connectivity index (χ0) is 23.5. The van der Waals surface area contributed by atoms with Crippen LogP contribution in [0.25, 0.3) is 0 Å². The van der Waals surface area contributed by atoms with E-state index in [9.17, 15) is 4.79 Å². The van der Waals surface area contributed by atoms with Gasteiger partial charge in [0.05, 0.1) is 40.1 Å². The number of piperidine rings is 1. The molecule has 2 saturated heterocycles. The maximum absolute atomic E-state index is 12.8. The lowest BCUT2D eigenvalue weighted by Crippen LogP contribution is -2.48. The molecule has 0 saturated carbocycles. The Morgan fingerprint density at radius 1 is 1.12 bits per heavy atom. The van der Waals surface area contributed by atoms with E-state index in [1.165, 1.54) is 11.1 Å². The van der Waals surface area contributed by atoms with E-state index < -0.39 is 0 Å². The quantitative estimate of drug-likeness (QED) is 0.636. The summed E-state index contributed by atoms with van der Waals surface area (Å²) in [7, 11) is 3.38. The highest BCUT2D eigenvalue weighted by molar-refractivity contribution is 5.67. The summed E-state index contributed by atoms with van der Waals surface area (Å²) >= 11 is 0. The van der Waals surface area contributed by atoms with Crippen LogP contribution in [0.2, 0.25) is 0 Å². The minimum Gasteiger partial charge on any atom is -0.493 e. The minimum absolute atomic E-state index is 0.0638. The zero-order valence-corrected chi connectivity index (χ0v) is 20.8. The highest BCUT2D eigenvalue weighted by Gasteiger charge is 2.40. The lowest BCUT2D eigenvalue weighted by molar-refractivity contribution is -0.0293. The van der Waals surface area contributed by atoms with E-state index in [1.54, 1.807) is 19.1 Å². The van der Waals surface area contributed by atoms with Crippen molar-refractivity contribution in [3.8, 4) is 11.5 Å². The number of methoxy groups -OCH3 is 2. The summed E-state index contributed by atoms with van der Waals surface area (Å²) in [5, 5.41) is 0. The Kier molecular flexibility index (Phi) is 7.69. The number of morpholine rings is 1. The lowest BCUT2D eigenvalue weighted by atomic mass is 9.74. The van der Waals surface area contributed by atoms with Crippen LogP contribution in [-0.2, 0) is 15.9 Å². The fraction of sp³-hybridized carbons (Fsp3) is 0.731. The molecular weight excluding hydrogens is 420 g/mol. The van der Waals surface area contributed by atoms with Gasteiger partial charge in [-0.1, -0.05) is 13.8 Å². The zero-order valence-electron chi connectivity index (χ0n) is 20.8. The summed E-state index contributed by atoms with van der Waals surface area (Å²) < 4.78 is 22.6. The van der Waals surface area contributed by atoms with Gasteiger partial charge in [0.1, 0.15) is 0 Å². The van der Waals surface area contributed by atoms with Crippen molar-refractivity contribution in [2.75, 3.05) is 53.6 Å². The number of carbonyl (C=O) groups is 1. The molecule has 0 bridgehead atoms. The first-order valence-electron chi connectivity index (χ1n) is 12.4. The van der Waals surface area contributed by atoms with Crippen molar-refractivity contribution in [2.24, 2.45) is 17.8 Å². The molecule has 3 heterocycles. The number of rotatable bonds is 6. The van der Waals surface area contributed by atoms with Crippen LogP contribution in [0, 0.1) is 17.8 Å². The summed E-state index contributed by atoms with van der Waals surface area (Å²) in [5.41, 5.74) is 2.68. The second kappa shape index (κ2) is 10.5. The third-order valence-corrected chi connectivity index (χ3v) is 7.47. The topological polar surface area (TPSA) is 60.5 Å². The molecule has 0 aliphatic carbocycles. The Bertz CT molecular complexity index is 829. The molecule has 4 atom stereocenters. The van der Waals surface area contributed by atoms with E-state index in [-0.39, 0.29) is 12.2 Å². The third-order valence-electron chi connectivity index (χ3n) is 7.47. The molecule has 1 aromatic rings. The van der Waals surface area contributed by atoms with Gasteiger partial charge < -0.3 is 23.8 Å². The predicted octanol–water partition coefficient (Wildman–Crippen LogP) is 4.14. The van der Waals surface area contributed by atoms with Crippen LogP contribution >= 0.6 is 0 Å². The summed E-state index contributed by atoms with van der Waals surface area (Å²) in [6, 6.07) is 4.62. The molecule has 7 heteroatoms. The normalized spacial score (nSPS) is 27.6. The second-order valence-corrected chi connectivity index (χ2v) is 10.3. The van der Waals surface area contributed by atoms with Crippen LogP contribution in [0.4, 0.5) is 4.79 Å². The molecule has 0 unspecified atom stereocenters. The number of benzene rings is 1. The number of fused-ring (bicyclic) bond motifs is 3. The molecule has 3 aliphatic rings. The van der Waals surface area contributed by atoms with Gasteiger partial charge in [0.15, 0.2) is 11.5 Å². The number of ether oxygens (including phenoxy) is 4. The van der Waals surface area contributed by atoms with Crippen molar-refractivity contribution in [1.82, 2.24) is 9.80 Å². The predicted molar refractivity (Wildman–Crippen MR) is 127 cm³/mol. The smallest absolute Gasteiger partial charge is 0.409 e. The van der Waals surface area contributed by atoms with Crippen molar-refractivity contribution in [1.29, 1.82) is 0 Å². The SMILES string of the molecule is COc1cc2c(cc1OC)[C@H]1C[C@@H](COC(=O)N3CCO[C@@H](C)C3)[C@H](CC(C)C)CN1CC2. The first-order valence-corrected chi connectivity index (χ1v) is 12.4. The number of carbonyl (C=O) groups excluding carboxylic acids is 1. The standard InChI is InChI=1S/C26H40N2O5/c1-17(2)10-20-15-27-7-6-19-12-24(30-4)25(31-5)13-22(19)23(27)11-21(20)16-33-26(29)28-8-9-32-18(3)14-28/h12-13,17-18,20-21,23H,6-11,14-16H2,1-5H3/t18-,20+,21-,23+/m0/s1. The molecule has 0 N–H and O–H groups in total. The maximum atomic E-state index is 12.8. The van der Waals surface area contributed by atoms with Crippen LogP contribution < -0.4 is 9.47 Å². The number of nitrogens with zero attached hydrogens (tertiary/aromatic N) is 2. The van der Waals surface area contributed by atoms with Gasteiger partial charge in [-0.3, -0.25) is 4.90 Å². The molecule has 0 aromatic heterocycles. The van der Waals surface area contributed by atoms with Gasteiger partial charge >= 0.3 is 6.09 Å². The van der Waals surface area contributed by atoms with Crippen LogP contribution in [-0.4, -0.2) is 75.6 Å². The Morgan fingerprint density at radius 2 is 1.88 bits per heavy atom. The summed E-state index contributed by atoms with van der Waals surface area (Å²) in [5.74, 6) is 3.07. The number of hydrogen-bond acceptors (Lipinski definition) is 6. The highest BCUT2D eigenvalue weighted by Crippen LogP contribution is 2.45. The average molecular weight is 461 g/mol. The molecule has 1 amide bonds. The van der Waals surface area contributed by atoms with Gasteiger partial charge in [-0.05, 0) is 67.2 Å². The summed E-state index contributed by atoms with van der Waals surface area (Å²) in [6.45, 7) is 10.9. The van der Waals surface area contributed by atoms with Crippen LogP contribution in [0.15, 0.2) is 12.1 Å². The van der Waals surface area contributed by atoms with Crippen LogP contribution in [0.1, 0.15) is 50.8 Å². The molecule has 3 aliphatic heterocycles. The Morgan fingerprint density at radius 3 is 2.58 bits per heavy atom. The van der Waals surface area contributed by atoms with Gasteiger partial charge in [-0.25, -0.2) is 4.79 Å². The molecule has 1 aromatic carbocycles. The van der Waals surface area contributed by atoms with E-state index in [1.807, 2.05) is 6.92 Å². The van der Waals surface area contributed by atoms with Crippen LogP contribution in [0.3, 0.4) is 0 Å². The largest absolute Gasteiger partial charge is 0.493 e. The van der Waals surface area contributed by atoms with Crippen LogP contribution in [0.5, 0.6) is 11.5 Å². The van der Waals surface area contributed by atoms with Gasteiger partial charge in [0.25, 0.3) is 0 Å². The first-order chi connectivity index (χ1) is 15.9. The number of hydrogen-bond donors (Lipinski definition) is 0. The van der Waals surface area contributed by atoms with Gasteiger partial charge in [-0.2, -0.15) is 0 Å². The third kappa shape index (κ3) is 5.40. The van der Waals surface area contributed by atoms with E-state index in [0.717, 1.165) is 43.9 Å². The lowest BCUT2D eigenvalue weighted by Gasteiger charge is -2.47. The van der Waals surface area contributed by atoms with Gasteiger partial charge in [-0.15, -0.1) is 0 Å². The summed E-state index contributed by atoms with van der Waals surface area (Å²) in [4.78, 5) is 17.2. The number of amides is 1. The molecule has 184 valence electrons. The molecule has 0 spiro atoms. The van der Waals surface area contributed by atoms with E-state index in [2.05, 4.69) is 30.9 Å². The molecule has 33 heavy (non-hydrogen) atoms. The van der Waals surface area contributed by atoms with Gasteiger partial charge in [0.2, 0.25) is 0 Å². The van der Waals surface area contributed by atoms with E-state index in [0.29, 0.717) is 50.1 Å². The monoisotopic (exact) mass is 460 g/mol. The van der Waals surface area contributed by atoms with Crippen molar-refractivity contribution in [3.05, 3.63) is 23.3 Å². The Labute approximate surface area is 198 Å². The van der Waals surface area contributed by atoms with E-state index in [4.69, 9.17) is 18.9 Å². The van der Waals surface area contributed by atoms with Crippen molar-refractivity contribution >= 4 is 6.09 Å².